The Balaban J connectivity index is 1.64. The summed E-state index contributed by atoms with van der Waals surface area (Å²) in [7, 11) is 0. The van der Waals surface area contributed by atoms with Gasteiger partial charge in [-0.3, -0.25) is 9.69 Å². The number of nitriles is 1. The molecule has 2 heterocycles. The van der Waals surface area contributed by atoms with E-state index in [1.54, 1.807) is 0 Å². The monoisotopic (exact) mass is 431 g/mol. The third-order valence-electron chi connectivity index (χ3n) is 4.70. The van der Waals surface area contributed by atoms with Gasteiger partial charge in [-0.2, -0.15) is 5.26 Å². The normalized spacial score (nSPS) is 16.5. The number of hydrogen-bond acceptors (Lipinski definition) is 4. The molecule has 0 spiro atoms. The SMILES string of the molecule is CC(C)C(C#N)N1CCN(C(=O)c2ccc(-c3ccc(Br)cc3)s2)CC1. The lowest BCUT2D eigenvalue weighted by atomic mass is 10.0. The molecule has 26 heavy (non-hydrogen) atoms. The third kappa shape index (κ3) is 4.17. The fourth-order valence-corrected chi connectivity index (χ4v) is 4.48. The van der Waals surface area contributed by atoms with Crippen LogP contribution in [0.1, 0.15) is 23.5 Å². The van der Waals surface area contributed by atoms with Crippen molar-refractivity contribution in [1.82, 2.24) is 9.80 Å². The van der Waals surface area contributed by atoms with Crippen molar-refractivity contribution >= 4 is 33.2 Å². The Labute approximate surface area is 167 Å². The second-order valence-corrected chi connectivity index (χ2v) is 8.82. The molecule has 1 aliphatic heterocycles. The van der Waals surface area contributed by atoms with Crippen molar-refractivity contribution in [2.75, 3.05) is 26.2 Å². The molecule has 136 valence electrons. The van der Waals surface area contributed by atoms with Gasteiger partial charge in [0, 0.05) is 35.5 Å². The maximum Gasteiger partial charge on any atom is 0.264 e. The van der Waals surface area contributed by atoms with Crippen LogP contribution in [0, 0.1) is 17.2 Å². The Morgan fingerprint density at radius 3 is 2.35 bits per heavy atom. The Morgan fingerprint density at radius 1 is 1.12 bits per heavy atom. The standard InChI is InChI=1S/C20H22BrN3OS/c1-14(2)17(13-22)23-9-11-24(12-10-23)20(25)19-8-7-18(26-19)15-3-5-16(21)6-4-15/h3-8,14,17H,9-12H2,1-2H3. The first-order valence-electron chi connectivity index (χ1n) is 8.78. The van der Waals surface area contributed by atoms with Crippen LogP contribution in [0.2, 0.25) is 0 Å². The van der Waals surface area contributed by atoms with Crippen molar-refractivity contribution in [1.29, 1.82) is 5.26 Å². The van der Waals surface area contributed by atoms with Crippen LogP contribution >= 0.6 is 27.3 Å². The Morgan fingerprint density at radius 2 is 1.77 bits per heavy atom. The van der Waals surface area contributed by atoms with E-state index in [-0.39, 0.29) is 11.9 Å². The lowest BCUT2D eigenvalue weighted by Crippen LogP contribution is -2.52. The van der Waals surface area contributed by atoms with Gasteiger partial charge in [-0.05, 0) is 35.7 Å². The third-order valence-corrected chi connectivity index (χ3v) is 6.36. The zero-order valence-electron chi connectivity index (χ0n) is 15.0. The van der Waals surface area contributed by atoms with Crippen LogP contribution in [0.5, 0.6) is 0 Å². The van der Waals surface area contributed by atoms with Crippen LogP contribution in [0.25, 0.3) is 10.4 Å². The van der Waals surface area contributed by atoms with Gasteiger partial charge in [-0.1, -0.05) is 41.9 Å². The smallest absolute Gasteiger partial charge is 0.264 e. The highest BCUT2D eigenvalue weighted by molar-refractivity contribution is 9.10. The number of hydrogen-bond donors (Lipinski definition) is 0. The van der Waals surface area contributed by atoms with Crippen molar-refractivity contribution in [3.05, 3.63) is 45.7 Å². The fraction of sp³-hybridized carbons (Fsp3) is 0.400. The number of benzene rings is 1. The first-order valence-corrected chi connectivity index (χ1v) is 10.4. The average Bonchev–Trinajstić information content (AvgIpc) is 3.13. The summed E-state index contributed by atoms with van der Waals surface area (Å²) in [4.78, 5) is 18.8. The second-order valence-electron chi connectivity index (χ2n) is 6.82. The van der Waals surface area contributed by atoms with Gasteiger partial charge >= 0.3 is 0 Å². The van der Waals surface area contributed by atoms with Gasteiger partial charge in [0.2, 0.25) is 0 Å². The average molecular weight is 432 g/mol. The minimum absolute atomic E-state index is 0.0713. The molecule has 4 nitrogen and oxygen atoms in total. The van der Waals surface area contributed by atoms with Gasteiger partial charge in [0.25, 0.3) is 5.91 Å². The highest BCUT2D eigenvalue weighted by atomic mass is 79.9. The molecule has 0 aliphatic carbocycles. The summed E-state index contributed by atoms with van der Waals surface area (Å²) in [5, 5.41) is 9.36. The topological polar surface area (TPSA) is 47.3 Å². The number of thiophene rings is 1. The molecule has 0 radical (unpaired) electrons. The lowest BCUT2D eigenvalue weighted by molar-refractivity contribution is 0.0581. The number of nitrogens with zero attached hydrogens (tertiary/aromatic N) is 3. The Kier molecular flexibility index (Phi) is 6.13. The van der Waals surface area contributed by atoms with Gasteiger partial charge in [0.05, 0.1) is 10.9 Å². The maximum absolute atomic E-state index is 12.8. The Hall–Kier alpha value is -1.68. The van der Waals surface area contributed by atoms with Crippen molar-refractivity contribution in [3.8, 4) is 16.5 Å². The first-order chi connectivity index (χ1) is 12.5. The van der Waals surface area contributed by atoms with Crippen LogP contribution in [0.4, 0.5) is 0 Å². The molecule has 6 heteroatoms. The summed E-state index contributed by atoms with van der Waals surface area (Å²) in [5.74, 6) is 0.393. The predicted octanol–water partition coefficient (Wildman–Crippen LogP) is 4.48. The summed E-state index contributed by atoms with van der Waals surface area (Å²) in [6.07, 6.45) is 0. The minimum atomic E-state index is -0.0713. The van der Waals surface area contributed by atoms with Crippen LogP contribution < -0.4 is 0 Å². The molecule has 0 bridgehead atoms. The van der Waals surface area contributed by atoms with Crippen LogP contribution in [-0.2, 0) is 0 Å². The molecule has 1 fully saturated rings. The van der Waals surface area contributed by atoms with E-state index < -0.39 is 0 Å². The number of carbonyl (C=O) groups excluding carboxylic acids is 1. The molecule has 1 amide bonds. The van der Waals surface area contributed by atoms with E-state index in [1.807, 2.05) is 29.2 Å². The largest absolute Gasteiger partial charge is 0.335 e. The second kappa shape index (κ2) is 8.34. The lowest BCUT2D eigenvalue weighted by Gasteiger charge is -2.38. The summed E-state index contributed by atoms with van der Waals surface area (Å²) in [6.45, 7) is 7.01. The van der Waals surface area contributed by atoms with E-state index in [0.717, 1.165) is 32.9 Å². The zero-order valence-corrected chi connectivity index (χ0v) is 17.4. The van der Waals surface area contributed by atoms with Crippen molar-refractivity contribution in [3.63, 3.8) is 0 Å². The van der Waals surface area contributed by atoms with Crippen molar-refractivity contribution in [2.45, 2.75) is 19.9 Å². The summed E-state index contributed by atoms with van der Waals surface area (Å²) in [6, 6.07) is 14.4. The molecule has 1 atom stereocenters. The quantitative estimate of drug-likeness (QED) is 0.716. The van der Waals surface area contributed by atoms with Gasteiger partial charge in [-0.15, -0.1) is 11.3 Å². The summed E-state index contributed by atoms with van der Waals surface area (Å²) >= 11 is 4.98. The molecular formula is C20H22BrN3OS. The molecule has 0 saturated carbocycles. The zero-order chi connectivity index (χ0) is 18.7. The van der Waals surface area contributed by atoms with Crippen LogP contribution in [-0.4, -0.2) is 47.9 Å². The highest BCUT2D eigenvalue weighted by Crippen LogP contribution is 2.30. The van der Waals surface area contributed by atoms with E-state index in [0.29, 0.717) is 19.0 Å². The van der Waals surface area contributed by atoms with E-state index in [4.69, 9.17) is 0 Å². The maximum atomic E-state index is 12.8. The van der Waals surface area contributed by atoms with Gasteiger partial charge in [-0.25, -0.2) is 0 Å². The molecule has 1 aromatic carbocycles. The molecule has 1 unspecified atom stereocenters. The molecule has 3 rings (SSSR count). The number of rotatable bonds is 4. The van der Waals surface area contributed by atoms with E-state index in [2.05, 4.69) is 52.9 Å². The van der Waals surface area contributed by atoms with Crippen molar-refractivity contribution < 1.29 is 4.79 Å². The highest BCUT2D eigenvalue weighted by Gasteiger charge is 2.28. The van der Waals surface area contributed by atoms with Gasteiger partial charge in [0.15, 0.2) is 0 Å². The molecule has 2 aromatic rings. The molecule has 1 aliphatic rings. The first kappa shape index (κ1) is 19.1. The number of piperazine rings is 1. The predicted molar refractivity (Wildman–Crippen MR) is 109 cm³/mol. The van der Waals surface area contributed by atoms with Crippen LogP contribution in [0.15, 0.2) is 40.9 Å². The molecule has 1 aromatic heterocycles. The van der Waals surface area contributed by atoms with E-state index in [1.165, 1.54) is 11.3 Å². The van der Waals surface area contributed by atoms with E-state index >= 15 is 0 Å². The van der Waals surface area contributed by atoms with Crippen molar-refractivity contribution in [2.24, 2.45) is 5.92 Å². The fourth-order valence-electron chi connectivity index (χ4n) is 3.23. The molecular weight excluding hydrogens is 410 g/mol. The number of halogens is 1. The molecule has 0 N–H and O–H groups in total. The summed E-state index contributed by atoms with van der Waals surface area (Å²) < 4.78 is 1.05. The van der Waals surface area contributed by atoms with Gasteiger partial charge in [0.1, 0.15) is 6.04 Å². The minimum Gasteiger partial charge on any atom is -0.335 e. The van der Waals surface area contributed by atoms with Gasteiger partial charge < -0.3 is 4.90 Å². The van der Waals surface area contributed by atoms with E-state index in [9.17, 15) is 10.1 Å². The van der Waals surface area contributed by atoms with Crippen LogP contribution in [0.3, 0.4) is 0 Å². The molecule has 1 saturated heterocycles. The Bertz CT molecular complexity index is 801. The number of carbonyl (C=O) groups is 1. The number of amides is 1. The summed E-state index contributed by atoms with van der Waals surface area (Å²) in [5.41, 5.74) is 1.12.